The molecule has 3 aliphatic heterocycles. The van der Waals surface area contributed by atoms with Crippen molar-refractivity contribution in [3.05, 3.63) is 47.7 Å². The quantitative estimate of drug-likeness (QED) is 0.814. The average molecular weight is 381 g/mol. The van der Waals surface area contributed by atoms with Crippen LogP contribution in [0.25, 0.3) is 0 Å². The van der Waals surface area contributed by atoms with Gasteiger partial charge in [-0.1, -0.05) is 26.0 Å². The van der Waals surface area contributed by atoms with Gasteiger partial charge in [0.15, 0.2) is 11.5 Å². The molecule has 0 spiro atoms. The van der Waals surface area contributed by atoms with Gasteiger partial charge in [-0.15, -0.1) is 6.58 Å². The van der Waals surface area contributed by atoms with Crippen molar-refractivity contribution in [3.8, 4) is 11.5 Å². The second kappa shape index (κ2) is 6.69. The Balaban J connectivity index is 1.93. The molecule has 1 aromatic rings. The summed E-state index contributed by atoms with van der Waals surface area (Å²) in [5.41, 5.74) is 3.22. The van der Waals surface area contributed by atoms with Crippen LogP contribution in [-0.4, -0.2) is 41.9 Å². The molecule has 1 N–H and O–H groups in total. The summed E-state index contributed by atoms with van der Waals surface area (Å²) in [5, 5.41) is 3.58. The van der Waals surface area contributed by atoms with Gasteiger partial charge in [-0.25, -0.2) is 0 Å². The van der Waals surface area contributed by atoms with Crippen LogP contribution in [0.3, 0.4) is 0 Å². The predicted octanol–water partition coefficient (Wildman–Crippen LogP) is 3.22. The van der Waals surface area contributed by atoms with E-state index < -0.39 is 0 Å². The summed E-state index contributed by atoms with van der Waals surface area (Å²) in [4.78, 5) is 20.1. The molecular formula is C22H27N3O3. The van der Waals surface area contributed by atoms with Gasteiger partial charge < -0.3 is 19.7 Å². The summed E-state index contributed by atoms with van der Waals surface area (Å²) in [6.45, 7) is 13.6. The first-order chi connectivity index (χ1) is 13.3. The number of carbonyl (C=O) groups is 1. The van der Waals surface area contributed by atoms with E-state index in [1.807, 2.05) is 36.9 Å². The number of allylic oxidation sites excluding steroid dienone is 1. The minimum absolute atomic E-state index is 0.0486. The van der Waals surface area contributed by atoms with Crippen LogP contribution in [0.1, 0.15) is 39.3 Å². The molecule has 1 atom stereocenters. The third-order valence-electron chi connectivity index (χ3n) is 5.34. The maximum absolute atomic E-state index is 13.4. The third kappa shape index (κ3) is 2.97. The van der Waals surface area contributed by atoms with E-state index in [9.17, 15) is 4.79 Å². The molecule has 1 aromatic carbocycles. The molecule has 148 valence electrons. The fourth-order valence-electron chi connectivity index (χ4n) is 4.06. The molecule has 0 bridgehead atoms. The van der Waals surface area contributed by atoms with Gasteiger partial charge in [-0.05, 0) is 37.5 Å². The molecule has 1 saturated heterocycles. The highest BCUT2D eigenvalue weighted by Crippen LogP contribution is 2.43. The van der Waals surface area contributed by atoms with Crippen LogP contribution in [0.4, 0.5) is 0 Å². The summed E-state index contributed by atoms with van der Waals surface area (Å²) >= 11 is 0. The normalized spacial score (nSPS) is 22.8. The number of fused-ring (bicyclic) bond motifs is 2. The Morgan fingerprint density at radius 2 is 2.11 bits per heavy atom. The molecular weight excluding hydrogens is 354 g/mol. The van der Waals surface area contributed by atoms with E-state index in [1.54, 1.807) is 6.08 Å². The number of likely N-dealkylation sites (tertiary alicyclic amines) is 1. The molecule has 6 heteroatoms. The SMILES string of the molecule is C=CCN1C(=O)C2=NC(C)(C)CNC(C(C)C)=C2C1c1ccc2c(c1)OCO2. The fourth-order valence-corrected chi connectivity index (χ4v) is 4.06. The van der Waals surface area contributed by atoms with Gasteiger partial charge in [-0.3, -0.25) is 9.79 Å². The summed E-state index contributed by atoms with van der Waals surface area (Å²) in [6, 6.07) is 5.65. The Morgan fingerprint density at radius 3 is 2.82 bits per heavy atom. The molecule has 6 nitrogen and oxygen atoms in total. The number of rotatable bonds is 4. The summed E-state index contributed by atoms with van der Waals surface area (Å²) in [6.07, 6.45) is 1.76. The van der Waals surface area contributed by atoms with Crippen LogP contribution in [-0.2, 0) is 4.79 Å². The number of aliphatic imine (C=N–C) groups is 1. The largest absolute Gasteiger partial charge is 0.454 e. The van der Waals surface area contributed by atoms with Crippen LogP contribution in [0.2, 0.25) is 0 Å². The van der Waals surface area contributed by atoms with Crippen molar-refractivity contribution >= 4 is 11.6 Å². The van der Waals surface area contributed by atoms with Crippen molar-refractivity contribution in [2.45, 2.75) is 39.3 Å². The molecule has 0 aliphatic carbocycles. The number of amides is 1. The van der Waals surface area contributed by atoms with Crippen molar-refractivity contribution in [3.63, 3.8) is 0 Å². The Hall–Kier alpha value is -2.76. The Kier molecular flexibility index (Phi) is 4.44. The van der Waals surface area contributed by atoms with Gasteiger partial charge in [0.25, 0.3) is 5.91 Å². The first-order valence-corrected chi connectivity index (χ1v) is 9.72. The van der Waals surface area contributed by atoms with Crippen LogP contribution in [0.5, 0.6) is 11.5 Å². The number of hydrogen-bond donors (Lipinski definition) is 1. The van der Waals surface area contributed by atoms with Gasteiger partial charge in [0.1, 0.15) is 5.71 Å². The van der Waals surface area contributed by atoms with E-state index in [1.165, 1.54) is 0 Å². The number of ether oxygens (including phenoxy) is 2. The predicted molar refractivity (Wildman–Crippen MR) is 109 cm³/mol. The summed E-state index contributed by atoms with van der Waals surface area (Å²) in [5.74, 6) is 1.63. The number of carbonyl (C=O) groups excluding carboxylic acids is 1. The first-order valence-electron chi connectivity index (χ1n) is 9.72. The second-order valence-corrected chi connectivity index (χ2v) is 8.37. The average Bonchev–Trinajstić information content (AvgIpc) is 3.15. The van der Waals surface area contributed by atoms with Gasteiger partial charge in [0.2, 0.25) is 6.79 Å². The lowest BCUT2D eigenvalue weighted by atomic mass is 9.92. The van der Waals surface area contributed by atoms with Gasteiger partial charge >= 0.3 is 0 Å². The number of nitrogens with one attached hydrogen (secondary N) is 1. The monoisotopic (exact) mass is 381 g/mol. The lowest BCUT2D eigenvalue weighted by Crippen LogP contribution is -2.35. The van der Waals surface area contributed by atoms with Crippen molar-refractivity contribution < 1.29 is 14.3 Å². The minimum atomic E-state index is -0.365. The summed E-state index contributed by atoms with van der Waals surface area (Å²) in [7, 11) is 0. The number of nitrogens with zero attached hydrogens (tertiary/aromatic N) is 2. The van der Waals surface area contributed by atoms with Crippen molar-refractivity contribution in [1.29, 1.82) is 0 Å². The lowest BCUT2D eigenvalue weighted by molar-refractivity contribution is -0.123. The number of hydrogen-bond acceptors (Lipinski definition) is 5. The van der Waals surface area contributed by atoms with E-state index in [-0.39, 0.29) is 30.2 Å². The maximum atomic E-state index is 13.4. The molecule has 0 radical (unpaired) electrons. The molecule has 1 amide bonds. The van der Waals surface area contributed by atoms with Crippen LogP contribution < -0.4 is 14.8 Å². The van der Waals surface area contributed by atoms with Gasteiger partial charge in [-0.2, -0.15) is 0 Å². The van der Waals surface area contributed by atoms with E-state index in [0.29, 0.717) is 24.6 Å². The van der Waals surface area contributed by atoms with E-state index in [0.717, 1.165) is 22.6 Å². The molecule has 3 heterocycles. The molecule has 0 saturated carbocycles. The zero-order chi connectivity index (χ0) is 20.1. The topological polar surface area (TPSA) is 63.2 Å². The van der Waals surface area contributed by atoms with E-state index >= 15 is 0 Å². The van der Waals surface area contributed by atoms with Crippen molar-refractivity contribution in [2.24, 2.45) is 10.9 Å². The van der Waals surface area contributed by atoms with Gasteiger partial charge in [0.05, 0.1) is 11.6 Å². The van der Waals surface area contributed by atoms with E-state index in [4.69, 9.17) is 14.5 Å². The second-order valence-electron chi connectivity index (χ2n) is 8.37. The molecule has 28 heavy (non-hydrogen) atoms. The Morgan fingerprint density at radius 1 is 1.36 bits per heavy atom. The zero-order valence-electron chi connectivity index (χ0n) is 16.9. The Bertz CT molecular complexity index is 898. The molecule has 1 fully saturated rings. The van der Waals surface area contributed by atoms with Crippen molar-refractivity contribution in [1.82, 2.24) is 10.2 Å². The highest BCUT2D eigenvalue weighted by molar-refractivity contribution is 6.48. The first kappa shape index (κ1) is 18.6. The highest BCUT2D eigenvalue weighted by Gasteiger charge is 2.46. The Labute approximate surface area is 165 Å². The number of benzene rings is 1. The van der Waals surface area contributed by atoms with Crippen LogP contribution in [0, 0.1) is 5.92 Å². The molecule has 3 aliphatic rings. The van der Waals surface area contributed by atoms with Crippen LogP contribution in [0.15, 0.2) is 47.1 Å². The molecule has 1 unspecified atom stereocenters. The summed E-state index contributed by atoms with van der Waals surface area (Å²) < 4.78 is 11.0. The molecule has 4 rings (SSSR count). The zero-order valence-corrected chi connectivity index (χ0v) is 16.9. The van der Waals surface area contributed by atoms with Gasteiger partial charge in [0, 0.05) is 24.4 Å². The van der Waals surface area contributed by atoms with Crippen LogP contribution >= 0.6 is 0 Å². The maximum Gasteiger partial charge on any atom is 0.273 e. The highest BCUT2D eigenvalue weighted by atomic mass is 16.7. The van der Waals surface area contributed by atoms with E-state index in [2.05, 4.69) is 25.7 Å². The fraction of sp³-hybridized carbons (Fsp3) is 0.455. The molecule has 0 aromatic heterocycles. The third-order valence-corrected chi connectivity index (χ3v) is 5.34. The minimum Gasteiger partial charge on any atom is -0.454 e. The smallest absolute Gasteiger partial charge is 0.273 e. The standard InChI is InChI=1S/C22H27N3O3/c1-6-9-25-20(14-7-8-15-16(10-14)28-12-27-15)17-18(13(2)3)23-11-22(4,5)24-19(17)21(25)26/h6-8,10,13,20,23H,1,9,11-12H2,2-5H3. The lowest BCUT2D eigenvalue weighted by Gasteiger charge is -2.27. The van der Waals surface area contributed by atoms with Crippen molar-refractivity contribution in [2.75, 3.05) is 19.9 Å².